The molecule has 7 heteroatoms. The van der Waals surface area contributed by atoms with Crippen molar-refractivity contribution >= 4 is 5.91 Å². The topological polar surface area (TPSA) is 78.3 Å². The molecule has 174 valence electrons. The van der Waals surface area contributed by atoms with Gasteiger partial charge in [0, 0.05) is 43.7 Å². The van der Waals surface area contributed by atoms with Gasteiger partial charge in [0.1, 0.15) is 0 Å². The van der Waals surface area contributed by atoms with Gasteiger partial charge in [0.2, 0.25) is 0 Å². The van der Waals surface area contributed by atoms with E-state index in [1.807, 2.05) is 60.5 Å². The van der Waals surface area contributed by atoms with Gasteiger partial charge in [0.25, 0.3) is 5.91 Å². The van der Waals surface area contributed by atoms with E-state index in [1.165, 1.54) is 11.3 Å². The highest BCUT2D eigenvalue weighted by molar-refractivity contribution is 5.80. The van der Waals surface area contributed by atoms with E-state index in [1.54, 1.807) is 14.0 Å². The van der Waals surface area contributed by atoms with Gasteiger partial charge in [-0.3, -0.25) is 14.5 Å². The zero-order valence-corrected chi connectivity index (χ0v) is 19.5. The summed E-state index contributed by atoms with van der Waals surface area (Å²) in [5.41, 5.74) is 3.52. The van der Waals surface area contributed by atoms with Crippen LogP contribution in [-0.2, 0) is 11.8 Å². The summed E-state index contributed by atoms with van der Waals surface area (Å²) in [4.78, 5) is 16.7. The molecule has 1 aliphatic rings. The van der Waals surface area contributed by atoms with Crippen LogP contribution >= 0.6 is 0 Å². The Balaban J connectivity index is 1.28. The molecular weight excluding hydrogens is 416 g/mol. The Bertz CT molecular complexity index is 1060. The van der Waals surface area contributed by atoms with Gasteiger partial charge >= 0.3 is 0 Å². The Morgan fingerprint density at radius 1 is 1.12 bits per heavy atom. The lowest BCUT2D eigenvalue weighted by Gasteiger charge is -2.28. The van der Waals surface area contributed by atoms with Gasteiger partial charge in [-0.25, -0.2) is 0 Å². The van der Waals surface area contributed by atoms with Crippen molar-refractivity contribution in [3.63, 3.8) is 0 Å². The maximum atomic E-state index is 12.6. The fourth-order valence-corrected chi connectivity index (χ4v) is 4.55. The molecule has 1 aromatic carbocycles. The lowest BCUT2D eigenvalue weighted by atomic mass is 9.79. The second kappa shape index (κ2) is 10.5. The number of aryl methyl sites for hydroxylation is 1. The molecule has 1 amide bonds. The summed E-state index contributed by atoms with van der Waals surface area (Å²) >= 11 is 0. The highest BCUT2D eigenvalue weighted by Crippen LogP contribution is 2.39. The summed E-state index contributed by atoms with van der Waals surface area (Å²) in [6.45, 7) is 2.44. The predicted molar refractivity (Wildman–Crippen MR) is 127 cm³/mol. The number of hydrogen-bond donors (Lipinski definition) is 1. The van der Waals surface area contributed by atoms with Crippen molar-refractivity contribution in [1.29, 1.82) is 0 Å². The summed E-state index contributed by atoms with van der Waals surface area (Å²) in [5.74, 6) is 2.00. The number of pyridine rings is 1. The number of nitrogens with one attached hydrogen (secondary N) is 1. The number of ether oxygens (including phenoxy) is 2. The zero-order chi connectivity index (χ0) is 23.2. The van der Waals surface area contributed by atoms with E-state index < -0.39 is 6.10 Å². The minimum absolute atomic E-state index is 0.104. The first kappa shape index (κ1) is 22.8. The van der Waals surface area contributed by atoms with E-state index in [0.29, 0.717) is 29.9 Å². The number of hydrogen-bond acceptors (Lipinski definition) is 5. The van der Waals surface area contributed by atoms with Crippen molar-refractivity contribution in [3.8, 4) is 22.6 Å². The van der Waals surface area contributed by atoms with E-state index in [0.717, 1.165) is 31.2 Å². The van der Waals surface area contributed by atoms with Gasteiger partial charge in [0.05, 0.1) is 12.8 Å². The minimum atomic E-state index is -0.589. The van der Waals surface area contributed by atoms with Crippen LogP contribution in [0, 0.1) is 5.92 Å². The third kappa shape index (κ3) is 5.53. The third-order valence-electron chi connectivity index (χ3n) is 6.39. The van der Waals surface area contributed by atoms with E-state index in [2.05, 4.69) is 16.5 Å². The standard InChI is InChI=1S/C26H32N4O3/c1-18(33-24-7-5-4-6-23(24)32-3)26(31)28-16-19-8-10-21(11-9-19)25-22(17-30(2)29-25)20-12-14-27-15-13-20/h4-7,12-15,17-19,21H,8-11,16H2,1-3H3,(H,28,31)/t18-,19?,21?/m0/s1. The van der Waals surface area contributed by atoms with Crippen LogP contribution in [0.5, 0.6) is 11.5 Å². The molecule has 0 spiro atoms. The van der Waals surface area contributed by atoms with Crippen LogP contribution < -0.4 is 14.8 Å². The first-order valence-electron chi connectivity index (χ1n) is 11.6. The fraction of sp³-hybridized carbons (Fsp3) is 0.423. The minimum Gasteiger partial charge on any atom is -0.493 e. The van der Waals surface area contributed by atoms with Crippen molar-refractivity contribution in [3.05, 3.63) is 60.7 Å². The van der Waals surface area contributed by atoms with E-state index in [4.69, 9.17) is 14.6 Å². The predicted octanol–water partition coefficient (Wildman–Crippen LogP) is 4.35. The number of amides is 1. The maximum absolute atomic E-state index is 12.6. The van der Waals surface area contributed by atoms with Crippen LogP contribution in [0.3, 0.4) is 0 Å². The smallest absolute Gasteiger partial charge is 0.260 e. The second-order valence-electron chi connectivity index (χ2n) is 8.71. The SMILES string of the molecule is COc1ccccc1O[C@@H](C)C(=O)NCC1CCC(c2nn(C)cc2-c2ccncc2)CC1. The summed E-state index contributed by atoms with van der Waals surface area (Å²) in [6, 6.07) is 11.4. The van der Waals surface area contributed by atoms with Gasteiger partial charge in [-0.2, -0.15) is 5.10 Å². The van der Waals surface area contributed by atoms with Crippen LogP contribution in [0.2, 0.25) is 0 Å². The molecule has 1 atom stereocenters. The largest absolute Gasteiger partial charge is 0.493 e. The van der Waals surface area contributed by atoms with Crippen molar-refractivity contribution in [2.45, 2.75) is 44.6 Å². The first-order valence-corrected chi connectivity index (χ1v) is 11.6. The molecule has 2 aromatic heterocycles. The Labute approximate surface area is 195 Å². The van der Waals surface area contributed by atoms with Gasteiger partial charge in [-0.1, -0.05) is 12.1 Å². The molecule has 0 unspecified atom stereocenters. The molecule has 0 bridgehead atoms. The molecule has 3 aromatic rings. The lowest BCUT2D eigenvalue weighted by Crippen LogP contribution is -2.39. The molecule has 1 saturated carbocycles. The van der Waals surface area contributed by atoms with Crippen molar-refractivity contribution in [2.75, 3.05) is 13.7 Å². The van der Waals surface area contributed by atoms with Crippen LogP contribution in [0.1, 0.15) is 44.2 Å². The van der Waals surface area contributed by atoms with Gasteiger partial charge in [-0.05, 0) is 68.4 Å². The van der Waals surface area contributed by atoms with Gasteiger partial charge in [0.15, 0.2) is 17.6 Å². The molecule has 0 saturated heterocycles. The summed E-state index contributed by atoms with van der Waals surface area (Å²) in [7, 11) is 3.57. The normalized spacial score (nSPS) is 19.0. The first-order chi connectivity index (χ1) is 16.0. The number of nitrogens with zero attached hydrogens (tertiary/aromatic N) is 3. The monoisotopic (exact) mass is 448 g/mol. The highest BCUT2D eigenvalue weighted by atomic mass is 16.5. The average Bonchev–Trinajstić information content (AvgIpc) is 3.25. The summed E-state index contributed by atoms with van der Waals surface area (Å²) < 4.78 is 13.0. The van der Waals surface area contributed by atoms with Crippen molar-refractivity contribution in [1.82, 2.24) is 20.1 Å². The molecule has 0 radical (unpaired) electrons. The van der Waals surface area contributed by atoms with Crippen molar-refractivity contribution in [2.24, 2.45) is 13.0 Å². The Hall–Kier alpha value is -3.35. The molecule has 1 N–H and O–H groups in total. The summed E-state index contributed by atoms with van der Waals surface area (Å²) in [5, 5.41) is 7.86. The van der Waals surface area contributed by atoms with Gasteiger partial charge < -0.3 is 14.8 Å². The van der Waals surface area contributed by atoms with E-state index in [9.17, 15) is 4.79 Å². The van der Waals surface area contributed by atoms with Gasteiger partial charge in [-0.15, -0.1) is 0 Å². The van der Waals surface area contributed by atoms with E-state index >= 15 is 0 Å². The number of methoxy groups -OCH3 is 1. The maximum Gasteiger partial charge on any atom is 0.260 e. The number of benzene rings is 1. The Morgan fingerprint density at radius 3 is 2.52 bits per heavy atom. The summed E-state index contributed by atoms with van der Waals surface area (Å²) in [6.07, 6.45) is 9.44. The molecule has 4 rings (SSSR count). The number of carbonyl (C=O) groups is 1. The van der Waals surface area contributed by atoms with E-state index in [-0.39, 0.29) is 5.91 Å². The lowest BCUT2D eigenvalue weighted by molar-refractivity contribution is -0.127. The molecular formula is C26H32N4O3. The third-order valence-corrected chi connectivity index (χ3v) is 6.39. The molecule has 33 heavy (non-hydrogen) atoms. The number of rotatable bonds is 8. The van der Waals surface area contributed by atoms with Crippen LogP contribution in [0.15, 0.2) is 55.0 Å². The zero-order valence-electron chi connectivity index (χ0n) is 19.5. The molecule has 7 nitrogen and oxygen atoms in total. The number of aromatic nitrogens is 3. The van der Waals surface area contributed by atoms with Crippen LogP contribution in [0.4, 0.5) is 0 Å². The Morgan fingerprint density at radius 2 is 1.82 bits per heavy atom. The molecule has 0 aliphatic heterocycles. The number of para-hydroxylation sites is 2. The molecule has 1 aliphatic carbocycles. The Kier molecular flexibility index (Phi) is 7.27. The molecule has 1 fully saturated rings. The highest BCUT2D eigenvalue weighted by Gasteiger charge is 2.27. The molecule has 2 heterocycles. The second-order valence-corrected chi connectivity index (χ2v) is 8.71. The van der Waals surface area contributed by atoms with Crippen LogP contribution in [0.25, 0.3) is 11.1 Å². The van der Waals surface area contributed by atoms with Crippen molar-refractivity contribution < 1.29 is 14.3 Å². The number of carbonyl (C=O) groups excluding carboxylic acids is 1. The average molecular weight is 449 g/mol. The van der Waals surface area contributed by atoms with Crippen LogP contribution in [-0.4, -0.2) is 40.4 Å². The fourth-order valence-electron chi connectivity index (χ4n) is 4.55. The quantitative estimate of drug-likeness (QED) is 0.554.